The fourth-order valence-electron chi connectivity index (χ4n) is 1.07. The minimum atomic E-state index is -0.210. The molecule has 0 aromatic carbocycles. The van der Waals surface area contributed by atoms with Crippen LogP contribution in [0.5, 0.6) is 0 Å². The summed E-state index contributed by atoms with van der Waals surface area (Å²) in [5, 5.41) is 0. The van der Waals surface area contributed by atoms with E-state index in [1.54, 1.807) is 0 Å². The Morgan fingerprint density at radius 3 is 2.21 bits per heavy atom. The first kappa shape index (κ1) is 13.2. The number of rotatable bonds is 5. The normalized spacial score (nSPS) is 13.9. The van der Waals surface area contributed by atoms with E-state index in [0.717, 1.165) is 6.42 Å². The summed E-state index contributed by atoms with van der Waals surface area (Å²) in [5.41, 5.74) is 0. The molecule has 0 rings (SSSR count). The van der Waals surface area contributed by atoms with Crippen molar-refractivity contribution in [2.45, 2.75) is 47.1 Å². The molecule has 2 heteroatoms. The van der Waals surface area contributed by atoms with E-state index >= 15 is 0 Å². The van der Waals surface area contributed by atoms with Gasteiger partial charge in [0.05, 0.1) is 0 Å². The molecule has 0 aliphatic rings. The summed E-state index contributed by atoms with van der Waals surface area (Å²) < 4.78 is 5.17. The van der Waals surface area contributed by atoms with Crippen LogP contribution in [0.2, 0.25) is 0 Å². The van der Waals surface area contributed by atoms with Crippen molar-refractivity contribution in [3.63, 3.8) is 0 Å². The zero-order valence-electron chi connectivity index (χ0n) is 9.91. The molecular formula is C12H22O2. The molecule has 0 amide bonds. The van der Waals surface area contributed by atoms with Gasteiger partial charge in [0.15, 0.2) is 0 Å². The van der Waals surface area contributed by atoms with Gasteiger partial charge in [0.25, 0.3) is 0 Å². The summed E-state index contributed by atoms with van der Waals surface area (Å²) in [4.78, 5) is 10.8. The van der Waals surface area contributed by atoms with Crippen molar-refractivity contribution in [3.05, 3.63) is 12.2 Å². The van der Waals surface area contributed by atoms with E-state index in [4.69, 9.17) is 4.74 Å². The second kappa shape index (κ2) is 6.63. The first-order chi connectivity index (χ1) is 6.43. The highest BCUT2D eigenvalue weighted by atomic mass is 16.5. The Hall–Kier alpha value is -0.790. The summed E-state index contributed by atoms with van der Waals surface area (Å²) in [6.45, 7) is 9.88. The Kier molecular flexibility index (Phi) is 6.26. The molecule has 0 aromatic heterocycles. The molecule has 0 aliphatic heterocycles. The molecule has 0 aliphatic carbocycles. The van der Waals surface area contributed by atoms with E-state index in [0.29, 0.717) is 11.8 Å². The molecular weight excluding hydrogens is 176 g/mol. The number of esters is 1. The van der Waals surface area contributed by atoms with Gasteiger partial charge in [-0.2, -0.15) is 0 Å². The SMILES string of the molecule is CC(=O)OC(/C=C/CC(C)C)C(C)C. The molecule has 0 saturated heterocycles. The van der Waals surface area contributed by atoms with Crippen LogP contribution in [0, 0.1) is 11.8 Å². The second-order valence-corrected chi connectivity index (χ2v) is 4.38. The molecule has 0 saturated carbocycles. The maximum Gasteiger partial charge on any atom is 0.303 e. The van der Waals surface area contributed by atoms with Crippen LogP contribution in [0.25, 0.3) is 0 Å². The molecule has 0 fully saturated rings. The predicted molar refractivity (Wildman–Crippen MR) is 59.0 cm³/mol. The lowest BCUT2D eigenvalue weighted by Gasteiger charge is -2.16. The summed E-state index contributed by atoms with van der Waals surface area (Å²) in [6.07, 6.45) is 5.04. The molecule has 2 nitrogen and oxygen atoms in total. The highest BCUT2D eigenvalue weighted by molar-refractivity contribution is 5.66. The molecule has 1 atom stereocenters. The zero-order valence-corrected chi connectivity index (χ0v) is 9.91. The summed E-state index contributed by atoms with van der Waals surface area (Å²) in [7, 11) is 0. The van der Waals surface area contributed by atoms with Gasteiger partial charge in [0.1, 0.15) is 6.10 Å². The molecule has 0 bridgehead atoms. The van der Waals surface area contributed by atoms with Crippen LogP contribution in [0.1, 0.15) is 41.0 Å². The summed E-state index contributed by atoms with van der Waals surface area (Å²) >= 11 is 0. The predicted octanol–water partition coefficient (Wildman–Crippen LogP) is 3.18. The lowest BCUT2D eigenvalue weighted by molar-refractivity contribution is -0.145. The van der Waals surface area contributed by atoms with E-state index in [2.05, 4.69) is 19.9 Å². The van der Waals surface area contributed by atoms with E-state index in [1.165, 1.54) is 6.92 Å². The van der Waals surface area contributed by atoms with Gasteiger partial charge >= 0.3 is 5.97 Å². The maximum absolute atomic E-state index is 10.8. The number of carbonyl (C=O) groups excluding carboxylic acids is 1. The Labute approximate surface area is 87.3 Å². The van der Waals surface area contributed by atoms with Crippen LogP contribution >= 0.6 is 0 Å². The monoisotopic (exact) mass is 198 g/mol. The van der Waals surface area contributed by atoms with E-state index in [-0.39, 0.29) is 12.1 Å². The van der Waals surface area contributed by atoms with Gasteiger partial charge in [-0.3, -0.25) is 4.79 Å². The number of allylic oxidation sites excluding steroid dienone is 1. The minimum Gasteiger partial charge on any atom is -0.458 e. The van der Waals surface area contributed by atoms with Crippen LogP contribution in [0.15, 0.2) is 12.2 Å². The number of hydrogen-bond acceptors (Lipinski definition) is 2. The molecule has 14 heavy (non-hydrogen) atoms. The average molecular weight is 198 g/mol. The second-order valence-electron chi connectivity index (χ2n) is 4.38. The third kappa shape index (κ3) is 6.70. The van der Waals surface area contributed by atoms with Gasteiger partial charge in [0.2, 0.25) is 0 Å². The number of ether oxygens (including phenoxy) is 1. The highest BCUT2D eigenvalue weighted by Gasteiger charge is 2.12. The van der Waals surface area contributed by atoms with Gasteiger partial charge in [-0.1, -0.05) is 33.8 Å². The number of hydrogen-bond donors (Lipinski definition) is 0. The van der Waals surface area contributed by atoms with Crippen LogP contribution in [-0.2, 0) is 9.53 Å². The van der Waals surface area contributed by atoms with Gasteiger partial charge in [0, 0.05) is 6.92 Å². The molecule has 0 N–H and O–H groups in total. The van der Waals surface area contributed by atoms with Crippen LogP contribution in [0.3, 0.4) is 0 Å². The van der Waals surface area contributed by atoms with Crippen molar-refractivity contribution >= 4 is 5.97 Å². The lowest BCUT2D eigenvalue weighted by atomic mass is 10.0. The third-order valence-corrected chi connectivity index (χ3v) is 1.89. The quantitative estimate of drug-likeness (QED) is 0.501. The topological polar surface area (TPSA) is 26.3 Å². The van der Waals surface area contributed by atoms with Crippen LogP contribution < -0.4 is 0 Å². The van der Waals surface area contributed by atoms with Crippen molar-refractivity contribution < 1.29 is 9.53 Å². The zero-order chi connectivity index (χ0) is 11.1. The Morgan fingerprint density at radius 2 is 1.86 bits per heavy atom. The van der Waals surface area contributed by atoms with E-state index < -0.39 is 0 Å². The highest BCUT2D eigenvalue weighted by Crippen LogP contribution is 2.10. The molecule has 0 heterocycles. The third-order valence-electron chi connectivity index (χ3n) is 1.89. The van der Waals surface area contributed by atoms with Crippen molar-refractivity contribution in [2.24, 2.45) is 11.8 Å². The molecule has 0 radical (unpaired) electrons. The lowest BCUT2D eigenvalue weighted by Crippen LogP contribution is -2.19. The van der Waals surface area contributed by atoms with E-state index in [1.807, 2.05) is 19.9 Å². The number of carbonyl (C=O) groups is 1. The van der Waals surface area contributed by atoms with Gasteiger partial charge in [-0.25, -0.2) is 0 Å². The summed E-state index contributed by atoms with van der Waals surface area (Å²) in [6, 6.07) is 0. The first-order valence-electron chi connectivity index (χ1n) is 5.27. The molecule has 0 aromatic rings. The Balaban J connectivity index is 4.09. The average Bonchev–Trinajstić information content (AvgIpc) is 2.00. The standard InChI is InChI=1S/C12H22O2/c1-9(2)7-6-8-12(10(3)4)14-11(5)13/h6,8-10,12H,7H2,1-5H3/b8-6+. The van der Waals surface area contributed by atoms with Crippen LogP contribution in [-0.4, -0.2) is 12.1 Å². The van der Waals surface area contributed by atoms with Crippen LogP contribution in [0.4, 0.5) is 0 Å². The molecule has 1 unspecified atom stereocenters. The largest absolute Gasteiger partial charge is 0.458 e. The first-order valence-corrected chi connectivity index (χ1v) is 5.27. The van der Waals surface area contributed by atoms with Crippen molar-refractivity contribution in [3.8, 4) is 0 Å². The van der Waals surface area contributed by atoms with Gasteiger partial charge in [-0.15, -0.1) is 0 Å². The van der Waals surface area contributed by atoms with Gasteiger partial charge in [-0.05, 0) is 24.3 Å². The van der Waals surface area contributed by atoms with E-state index in [9.17, 15) is 4.79 Å². The Bertz CT molecular complexity index is 192. The minimum absolute atomic E-state index is 0.0775. The van der Waals surface area contributed by atoms with Crippen molar-refractivity contribution in [1.82, 2.24) is 0 Å². The maximum atomic E-state index is 10.8. The fraction of sp³-hybridized carbons (Fsp3) is 0.750. The van der Waals surface area contributed by atoms with Gasteiger partial charge < -0.3 is 4.74 Å². The fourth-order valence-corrected chi connectivity index (χ4v) is 1.07. The molecule has 82 valence electrons. The smallest absolute Gasteiger partial charge is 0.303 e. The molecule has 0 spiro atoms. The Morgan fingerprint density at radius 1 is 1.29 bits per heavy atom. The van der Waals surface area contributed by atoms with Crippen molar-refractivity contribution in [2.75, 3.05) is 0 Å². The summed E-state index contributed by atoms with van der Waals surface area (Å²) in [5.74, 6) is 0.775. The van der Waals surface area contributed by atoms with Crippen molar-refractivity contribution in [1.29, 1.82) is 0 Å².